The molecule has 5 heterocycles. The van der Waals surface area contributed by atoms with Gasteiger partial charge in [-0.1, -0.05) is 36.4 Å². The Bertz CT molecular complexity index is 2320. The molecule has 0 saturated carbocycles. The van der Waals surface area contributed by atoms with Crippen molar-refractivity contribution in [3.63, 3.8) is 0 Å². The second-order valence-electron chi connectivity index (χ2n) is 16.9. The fourth-order valence-electron chi connectivity index (χ4n) is 9.52. The van der Waals surface area contributed by atoms with Gasteiger partial charge in [0.15, 0.2) is 5.67 Å². The first-order valence-corrected chi connectivity index (χ1v) is 21.1. The van der Waals surface area contributed by atoms with Gasteiger partial charge in [0, 0.05) is 118 Å². The molecule has 1 unspecified atom stereocenters. The maximum Gasteiger partial charge on any atom is 0.328 e. The minimum absolute atomic E-state index is 0.0936. The maximum atomic E-state index is 16.4. The van der Waals surface area contributed by atoms with Gasteiger partial charge in [-0.25, -0.2) is 9.18 Å². The van der Waals surface area contributed by atoms with E-state index in [1.165, 1.54) is 5.56 Å². The molecule has 8 N–H and O–H groups in total. The Hall–Kier alpha value is -6.02. The highest BCUT2D eigenvalue weighted by Gasteiger charge is 2.45. The van der Waals surface area contributed by atoms with Crippen molar-refractivity contribution in [2.45, 2.75) is 76.0 Å². The van der Waals surface area contributed by atoms with Crippen LogP contribution in [0.2, 0.25) is 0 Å². The van der Waals surface area contributed by atoms with Crippen LogP contribution in [0.3, 0.4) is 0 Å². The summed E-state index contributed by atoms with van der Waals surface area (Å²) in [7, 11) is 0. The molecular weight excluding hydrogens is 762 g/mol. The number of urea groups is 1. The number of hydrogen-bond donors (Lipinski definition) is 5. The summed E-state index contributed by atoms with van der Waals surface area (Å²) in [6.07, 6.45) is 7.94. The van der Waals surface area contributed by atoms with Crippen LogP contribution in [0.4, 0.5) is 14.9 Å². The molecule has 316 valence electrons. The number of phenols is 1. The number of allylic oxidation sites excluding steroid dienone is 1. The molecule has 0 spiro atoms. The Morgan fingerprint density at radius 2 is 1.65 bits per heavy atom. The summed E-state index contributed by atoms with van der Waals surface area (Å²) in [4.78, 5) is 45.5. The van der Waals surface area contributed by atoms with Crippen molar-refractivity contribution in [2.24, 2.45) is 17.2 Å². The molecule has 1 atom stereocenters. The summed E-state index contributed by atoms with van der Waals surface area (Å²) < 4.78 is 18.6. The number of fused-ring (bicyclic) bond motifs is 1. The Labute approximate surface area is 350 Å². The van der Waals surface area contributed by atoms with Crippen molar-refractivity contribution >= 4 is 40.1 Å². The zero-order valence-corrected chi connectivity index (χ0v) is 34.3. The lowest BCUT2D eigenvalue weighted by Crippen LogP contribution is -2.53. The number of imide groups is 1. The van der Waals surface area contributed by atoms with Gasteiger partial charge in [-0.05, 0) is 85.7 Å². The number of nitrogens with zero attached hydrogens (tertiary/aromatic N) is 5. The Morgan fingerprint density at radius 3 is 2.35 bits per heavy atom. The third kappa shape index (κ3) is 8.38. The summed E-state index contributed by atoms with van der Waals surface area (Å²) in [5.74, 6) is -0.103. The molecule has 3 aromatic carbocycles. The molecule has 1 aromatic heterocycles. The van der Waals surface area contributed by atoms with Gasteiger partial charge in [0.1, 0.15) is 11.6 Å². The molecular formula is C46H56FN9O4. The number of anilines is 1. The van der Waals surface area contributed by atoms with E-state index in [1.54, 1.807) is 34.1 Å². The number of benzene rings is 3. The van der Waals surface area contributed by atoms with Crippen molar-refractivity contribution in [2.75, 3.05) is 50.7 Å². The molecule has 4 aliphatic heterocycles. The average molecular weight is 818 g/mol. The van der Waals surface area contributed by atoms with Crippen LogP contribution in [0, 0.1) is 6.92 Å². The van der Waals surface area contributed by atoms with Gasteiger partial charge in [-0.2, -0.15) is 0 Å². The van der Waals surface area contributed by atoms with Gasteiger partial charge in [0.25, 0.3) is 5.91 Å². The number of aryl methyl sites for hydroxylation is 1. The number of carbonyl (C=O) groups excluding carboxylic acids is 3. The largest absolute Gasteiger partial charge is 0.507 e. The lowest BCUT2D eigenvalue weighted by Gasteiger charge is -2.40. The number of nitrogens with one attached hydrogen (secondary N) is 1. The van der Waals surface area contributed by atoms with Crippen molar-refractivity contribution < 1.29 is 23.9 Å². The van der Waals surface area contributed by atoms with Gasteiger partial charge in [0.2, 0.25) is 5.91 Å². The number of para-hydroxylation sites is 1. The fraction of sp³-hybridized carbons (Fsp3) is 0.413. The minimum atomic E-state index is -1.86. The predicted octanol–water partition coefficient (Wildman–Crippen LogP) is 5.54. The van der Waals surface area contributed by atoms with Crippen LogP contribution in [-0.2, 0) is 16.1 Å². The normalized spacial score (nSPS) is 20.7. The quantitative estimate of drug-likeness (QED) is 0.136. The number of nitrogens with two attached hydrogens (primary N) is 3. The van der Waals surface area contributed by atoms with E-state index < -0.39 is 11.7 Å². The van der Waals surface area contributed by atoms with E-state index in [1.807, 2.05) is 31.2 Å². The maximum absolute atomic E-state index is 16.4. The first-order valence-electron chi connectivity index (χ1n) is 21.1. The zero-order chi connectivity index (χ0) is 42.1. The number of hydrogen-bond acceptors (Lipinski definition) is 9. The molecule has 8 rings (SSSR count). The van der Waals surface area contributed by atoms with Gasteiger partial charge in [-0.15, -0.1) is 0 Å². The van der Waals surface area contributed by atoms with Crippen molar-refractivity contribution in [1.29, 1.82) is 0 Å². The smallest absolute Gasteiger partial charge is 0.328 e. The van der Waals surface area contributed by atoms with Gasteiger partial charge >= 0.3 is 6.03 Å². The highest BCUT2D eigenvalue weighted by molar-refractivity contribution is 6.06. The average Bonchev–Trinajstić information content (AvgIpc) is 3.58. The van der Waals surface area contributed by atoms with Crippen LogP contribution >= 0.6 is 0 Å². The monoisotopic (exact) mass is 817 g/mol. The molecule has 0 radical (unpaired) electrons. The standard InChI is InChI=1S/C46H56FN9O4/c1-30-27-56(39-13-12-35(25-37(30)39)55-22-16-42(58)51-45(55)60)34-14-20-53(21-15-34)44(59)46(47)17-23-52(24-18-46)28-31-8-10-32(11-9-31)33-5-4-19-54(29-33)40(43(49)50)26-38(48)36-6-2-3-7-41(36)57/h2-3,6-13,25-27,33-34,57H,4-5,14-24,28-29,48-50H2,1H3,(H,51,58,60)/b38-26-. The van der Waals surface area contributed by atoms with Crippen molar-refractivity contribution in [3.05, 3.63) is 113 Å². The number of halogens is 1. The molecule has 4 amide bonds. The zero-order valence-electron chi connectivity index (χ0n) is 34.3. The number of likely N-dealkylation sites (tertiary alicyclic amines) is 3. The number of piperidine rings is 3. The topological polar surface area (TPSA) is 179 Å². The fourth-order valence-corrected chi connectivity index (χ4v) is 9.52. The van der Waals surface area contributed by atoms with Crippen LogP contribution in [0.1, 0.15) is 79.2 Å². The lowest BCUT2D eigenvalue weighted by molar-refractivity contribution is -0.148. The summed E-state index contributed by atoms with van der Waals surface area (Å²) in [6.45, 7) is 6.63. The van der Waals surface area contributed by atoms with Crippen LogP contribution in [0.5, 0.6) is 5.75 Å². The Kier molecular flexibility index (Phi) is 11.5. The van der Waals surface area contributed by atoms with E-state index in [4.69, 9.17) is 17.2 Å². The van der Waals surface area contributed by atoms with Gasteiger partial charge in [-0.3, -0.25) is 24.7 Å². The first kappa shape index (κ1) is 40.7. The SMILES string of the molecule is Cc1cn(C2CCN(C(=O)C3(F)CCN(Cc4ccc(C5CCCN(C(/C=C(\N)c6ccccc6O)=C(N)N)C5)cc4)CC3)CC2)c2ccc(N3CCC(=O)NC3=O)cc12. The van der Waals surface area contributed by atoms with E-state index in [-0.39, 0.29) is 54.6 Å². The number of phenolic OH excluding ortho intramolecular Hbond substituents is 1. The van der Waals surface area contributed by atoms with Crippen molar-refractivity contribution in [3.8, 4) is 5.75 Å². The van der Waals surface area contributed by atoms with Crippen LogP contribution in [0.25, 0.3) is 16.6 Å². The molecule has 4 saturated heterocycles. The molecule has 4 aromatic rings. The molecule has 13 nitrogen and oxygen atoms in total. The third-order valence-corrected chi connectivity index (χ3v) is 13.0. The number of rotatable bonds is 9. The second-order valence-corrected chi connectivity index (χ2v) is 16.9. The van der Waals surface area contributed by atoms with Crippen LogP contribution < -0.4 is 27.4 Å². The number of carbonyl (C=O) groups is 3. The predicted molar refractivity (Wildman–Crippen MR) is 231 cm³/mol. The molecule has 0 bridgehead atoms. The Morgan fingerprint density at radius 1 is 0.917 bits per heavy atom. The van der Waals surface area contributed by atoms with E-state index in [0.717, 1.165) is 66.5 Å². The molecule has 14 heteroatoms. The van der Waals surface area contributed by atoms with Crippen LogP contribution in [0.15, 0.2) is 90.5 Å². The van der Waals surface area contributed by atoms with E-state index in [0.29, 0.717) is 56.2 Å². The van der Waals surface area contributed by atoms with E-state index in [9.17, 15) is 19.5 Å². The van der Waals surface area contributed by atoms with Crippen LogP contribution in [-0.4, -0.2) is 93.7 Å². The summed E-state index contributed by atoms with van der Waals surface area (Å²) in [6, 6.07) is 21.3. The van der Waals surface area contributed by atoms with E-state index in [2.05, 4.69) is 50.1 Å². The summed E-state index contributed by atoms with van der Waals surface area (Å²) in [5.41, 5.74) is 23.6. The second kappa shape index (κ2) is 16.9. The number of alkyl halides is 1. The van der Waals surface area contributed by atoms with Gasteiger partial charge in [0.05, 0.1) is 5.70 Å². The third-order valence-electron chi connectivity index (χ3n) is 13.0. The summed E-state index contributed by atoms with van der Waals surface area (Å²) >= 11 is 0. The first-order chi connectivity index (χ1) is 28.9. The molecule has 0 aliphatic carbocycles. The highest BCUT2D eigenvalue weighted by atomic mass is 19.1. The highest BCUT2D eigenvalue weighted by Crippen LogP contribution is 2.36. The number of aromatic hydroxyl groups is 1. The Balaban J connectivity index is 0.825. The van der Waals surface area contributed by atoms with Crippen molar-refractivity contribution in [1.82, 2.24) is 24.6 Å². The lowest BCUT2D eigenvalue weighted by atomic mass is 9.89. The van der Waals surface area contributed by atoms with E-state index >= 15 is 4.39 Å². The molecule has 4 aliphatic rings. The molecule has 60 heavy (non-hydrogen) atoms. The summed E-state index contributed by atoms with van der Waals surface area (Å²) in [5, 5.41) is 13.7. The minimum Gasteiger partial charge on any atom is -0.507 e. The molecule has 4 fully saturated rings. The van der Waals surface area contributed by atoms with Gasteiger partial charge < -0.3 is 36.7 Å². The number of amides is 4. The number of aromatic nitrogens is 1.